The van der Waals surface area contributed by atoms with E-state index >= 15 is 0 Å². The zero-order valence-electron chi connectivity index (χ0n) is 15.0. The Morgan fingerprint density at radius 2 is 1.70 bits per heavy atom. The van der Waals surface area contributed by atoms with E-state index < -0.39 is 6.04 Å². The maximum atomic E-state index is 12.4. The molecule has 3 N–H and O–H groups in total. The van der Waals surface area contributed by atoms with Crippen LogP contribution in [-0.2, 0) is 4.79 Å². The molecule has 1 fully saturated rings. The first-order chi connectivity index (χ1) is 13.0. The summed E-state index contributed by atoms with van der Waals surface area (Å²) >= 11 is 0. The van der Waals surface area contributed by atoms with E-state index in [0.29, 0.717) is 37.8 Å². The Labute approximate surface area is 157 Å². The monoisotopic (exact) mass is 370 g/mol. The molecule has 0 aliphatic carbocycles. The fraction of sp³-hybridized carbons (Fsp3) is 0.333. The van der Waals surface area contributed by atoms with E-state index in [-0.39, 0.29) is 17.7 Å². The van der Waals surface area contributed by atoms with Crippen LogP contribution in [0.3, 0.4) is 0 Å². The highest BCUT2D eigenvalue weighted by Gasteiger charge is 2.24. The molecular weight excluding hydrogens is 348 g/mol. The predicted molar refractivity (Wildman–Crippen MR) is 101 cm³/mol. The molecule has 1 atom stereocenters. The number of nitrogens with zero attached hydrogens (tertiary/aromatic N) is 4. The van der Waals surface area contributed by atoms with Gasteiger partial charge in [-0.1, -0.05) is 0 Å². The van der Waals surface area contributed by atoms with Gasteiger partial charge in [0.25, 0.3) is 0 Å². The van der Waals surface area contributed by atoms with Gasteiger partial charge in [-0.3, -0.25) is 4.79 Å². The van der Waals surface area contributed by atoms with Gasteiger partial charge in [0, 0.05) is 44.3 Å². The van der Waals surface area contributed by atoms with E-state index in [9.17, 15) is 14.7 Å². The maximum Gasteiger partial charge on any atom is 0.318 e. The molecule has 27 heavy (non-hydrogen) atoms. The molecule has 9 nitrogen and oxygen atoms in total. The van der Waals surface area contributed by atoms with E-state index in [1.807, 2.05) is 4.90 Å². The molecule has 2 heterocycles. The quantitative estimate of drug-likeness (QED) is 0.694. The minimum atomic E-state index is -0.693. The molecule has 1 unspecified atom stereocenters. The van der Waals surface area contributed by atoms with Crippen LogP contribution in [0.25, 0.3) is 0 Å². The van der Waals surface area contributed by atoms with Gasteiger partial charge in [0.05, 0.1) is 0 Å². The average molecular weight is 370 g/mol. The number of rotatable bonds is 4. The number of phenols is 1. The lowest BCUT2D eigenvalue weighted by atomic mass is 10.2. The fourth-order valence-electron chi connectivity index (χ4n) is 2.70. The summed E-state index contributed by atoms with van der Waals surface area (Å²) < 4.78 is 0. The SMILES string of the molecule is CC(NC(=O)N1CCN(c2ncccn2)CC1)C(=O)Nc1ccc(O)cc1. The standard InChI is InChI=1S/C18H22N6O3/c1-13(16(26)22-14-3-5-15(25)6-4-14)21-18(27)24-11-9-23(10-12-24)17-19-7-2-8-20-17/h2-8,13,25H,9-12H2,1H3,(H,21,27)(H,22,26). The molecule has 1 aliphatic rings. The van der Waals surface area contributed by atoms with E-state index in [0.717, 1.165) is 0 Å². The second-order valence-electron chi connectivity index (χ2n) is 6.23. The first-order valence-corrected chi connectivity index (χ1v) is 8.70. The highest BCUT2D eigenvalue weighted by atomic mass is 16.3. The number of benzene rings is 1. The molecule has 0 bridgehead atoms. The molecule has 2 aromatic rings. The number of aromatic nitrogens is 2. The lowest BCUT2D eigenvalue weighted by molar-refractivity contribution is -0.117. The fourth-order valence-corrected chi connectivity index (χ4v) is 2.70. The van der Waals surface area contributed by atoms with Crippen LogP contribution in [0.5, 0.6) is 5.75 Å². The number of hydrogen-bond acceptors (Lipinski definition) is 6. The Bertz CT molecular complexity index is 775. The number of aromatic hydroxyl groups is 1. The summed E-state index contributed by atoms with van der Waals surface area (Å²) in [4.78, 5) is 36.7. The number of phenolic OH excluding ortho intramolecular Hbond substituents is 1. The van der Waals surface area contributed by atoms with Gasteiger partial charge in [0.1, 0.15) is 11.8 Å². The highest BCUT2D eigenvalue weighted by molar-refractivity contribution is 5.96. The lowest BCUT2D eigenvalue weighted by Crippen LogP contribution is -2.55. The Morgan fingerprint density at radius 1 is 1.07 bits per heavy atom. The molecule has 142 valence electrons. The molecule has 0 radical (unpaired) electrons. The van der Waals surface area contributed by atoms with Crippen LogP contribution in [0.1, 0.15) is 6.92 Å². The van der Waals surface area contributed by atoms with Crippen LogP contribution in [-0.4, -0.2) is 64.1 Å². The number of piperazine rings is 1. The molecule has 9 heteroatoms. The van der Waals surface area contributed by atoms with Crippen LogP contribution in [0, 0.1) is 0 Å². The second-order valence-corrected chi connectivity index (χ2v) is 6.23. The summed E-state index contributed by atoms with van der Waals surface area (Å²) in [5, 5.41) is 14.7. The number of hydrogen-bond donors (Lipinski definition) is 3. The minimum Gasteiger partial charge on any atom is -0.508 e. The highest BCUT2D eigenvalue weighted by Crippen LogP contribution is 2.14. The van der Waals surface area contributed by atoms with Crippen LogP contribution in [0.15, 0.2) is 42.7 Å². The summed E-state index contributed by atoms with van der Waals surface area (Å²) in [5.41, 5.74) is 0.551. The number of amides is 3. The summed E-state index contributed by atoms with van der Waals surface area (Å²) in [6.07, 6.45) is 3.38. The third-order valence-electron chi connectivity index (χ3n) is 4.27. The largest absolute Gasteiger partial charge is 0.508 e. The Morgan fingerprint density at radius 3 is 2.33 bits per heavy atom. The third kappa shape index (κ3) is 4.84. The topological polar surface area (TPSA) is 111 Å². The molecule has 3 amide bonds. The van der Waals surface area contributed by atoms with Crippen molar-refractivity contribution in [1.82, 2.24) is 20.2 Å². The van der Waals surface area contributed by atoms with Gasteiger partial charge in [-0.05, 0) is 37.3 Å². The Balaban J connectivity index is 1.47. The number of carbonyl (C=O) groups is 2. The molecule has 1 saturated heterocycles. The second kappa shape index (κ2) is 8.35. The minimum absolute atomic E-state index is 0.120. The molecule has 3 rings (SSSR count). The van der Waals surface area contributed by atoms with E-state index in [1.165, 1.54) is 12.1 Å². The van der Waals surface area contributed by atoms with Crippen LogP contribution in [0.4, 0.5) is 16.4 Å². The lowest BCUT2D eigenvalue weighted by Gasteiger charge is -2.35. The number of nitrogens with one attached hydrogen (secondary N) is 2. The van der Waals surface area contributed by atoms with Crippen molar-refractivity contribution >= 4 is 23.6 Å². The number of urea groups is 1. The van der Waals surface area contributed by atoms with Crippen molar-refractivity contribution in [3.63, 3.8) is 0 Å². The van der Waals surface area contributed by atoms with Gasteiger partial charge >= 0.3 is 6.03 Å². The van der Waals surface area contributed by atoms with Gasteiger partial charge in [0.15, 0.2) is 0 Å². The molecule has 1 aliphatic heterocycles. The summed E-state index contributed by atoms with van der Waals surface area (Å²) in [6.45, 7) is 3.94. The first kappa shape index (κ1) is 18.4. The number of carbonyl (C=O) groups excluding carboxylic acids is 2. The van der Waals surface area contributed by atoms with Crippen molar-refractivity contribution in [1.29, 1.82) is 0 Å². The van der Waals surface area contributed by atoms with Gasteiger partial charge < -0.3 is 25.5 Å². The predicted octanol–water partition coefficient (Wildman–Crippen LogP) is 1.04. The molecule has 1 aromatic heterocycles. The van der Waals surface area contributed by atoms with Gasteiger partial charge in [0.2, 0.25) is 11.9 Å². The normalized spacial score (nSPS) is 15.1. The van der Waals surface area contributed by atoms with Crippen molar-refractivity contribution < 1.29 is 14.7 Å². The summed E-state index contributed by atoms with van der Waals surface area (Å²) in [6, 6.07) is 6.93. The molecule has 0 saturated carbocycles. The van der Waals surface area contributed by atoms with Crippen molar-refractivity contribution in [3.8, 4) is 5.75 Å². The van der Waals surface area contributed by atoms with Gasteiger partial charge in [-0.25, -0.2) is 14.8 Å². The molecule has 1 aromatic carbocycles. The first-order valence-electron chi connectivity index (χ1n) is 8.70. The van der Waals surface area contributed by atoms with E-state index in [4.69, 9.17) is 0 Å². The summed E-state index contributed by atoms with van der Waals surface area (Å²) in [7, 11) is 0. The number of anilines is 2. The van der Waals surface area contributed by atoms with Crippen LogP contribution >= 0.6 is 0 Å². The molecular formula is C18H22N6O3. The smallest absolute Gasteiger partial charge is 0.318 e. The van der Waals surface area contributed by atoms with Crippen LogP contribution in [0.2, 0.25) is 0 Å². The van der Waals surface area contributed by atoms with E-state index in [1.54, 1.807) is 42.4 Å². The van der Waals surface area contributed by atoms with Crippen molar-refractivity contribution in [2.45, 2.75) is 13.0 Å². The Hall–Kier alpha value is -3.36. The third-order valence-corrected chi connectivity index (χ3v) is 4.27. The van der Waals surface area contributed by atoms with E-state index in [2.05, 4.69) is 20.6 Å². The van der Waals surface area contributed by atoms with Gasteiger partial charge in [-0.15, -0.1) is 0 Å². The zero-order valence-corrected chi connectivity index (χ0v) is 15.0. The molecule has 0 spiro atoms. The van der Waals surface area contributed by atoms with Crippen molar-refractivity contribution in [3.05, 3.63) is 42.7 Å². The van der Waals surface area contributed by atoms with Crippen LogP contribution < -0.4 is 15.5 Å². The maximum absolute atomic E-state index is 12.4. The zero-order chi connectivity index (χ0) is 19.2. The van der Waals surface area contributed by atoms with Crippen molar-refractivity contribution in [2.24, 2.45) is 0 Å². The Kier molecular flexibility index (Phi) is 5.70. The summed E-state index contributed by atoms with van der Waals surface area (Å²) in [5.74, 6) is 0.443. The van der Waals surface area contributed by atoms with Gasteiger partial charge in [-0.2, -0.15) is 0 Å². The van der Waals surface area contributed by atoms with Crippen molar-refractivity contribution in [2.75, 3.05) is 36.4 Å². The average Bonchev–Trinajstić information content (AvgIpc) is 2.70.